The summed E-state index contributed by atoms with van der Waals surface area (Å²) in [6.45, 7) is 6.22. The summed E-state index contributed by atoms with van der Waals surface area (Å²) in [5, 5.41) is 4.43. The number of fused-ring (bicyclic) bond motifs is 1. The van der Waals surface area contributed by atoms with Crippen LogP contribution in [0.5, 0.6) is 0 Å². The monoisotopic (exact) mass is 439 g/mol. The van der Waals surface area contributed by atoms with Gasteiger partial charge >= 0.3 is 0 Å². The SMILES string of the molecule is CN(C)Cc1cccc2c(S(=O)(=O)Nc3ccc(NC(=O)C(C)(C)C)cc3)cccc12. The smallest absolute Gasteiger partial charge is 0.262 e. The second-order valence-corrected chi connectivity index (χ2v) is 10.5. The van der Waals surface area contributed by atoms with Gasteiger partial charge in [-0.3, -0.25) is 9.52 Å². The van der Waals surface area contributed by atoms with Crippen molar-refractivity contribution in [1.82, 2.24) is 4.90 Å². The molecule has 0 aromatic heterocycles. The van der Waals surface area contributed by atoms with Gasteiger partial charge in [0.15, 0.2) is 0 Å². The zero-order chi connectivity index (χ0) is 22.8. The van der Waals surface area contributed by atoms with Crippen LogP contribution in [0.25, 0.3) is 10.8 Å². The van der Waals surface area contributed by atoms with Crippen LogP contribution in [0.15, 0.2) is 65.6 Å². The number of sulfonamides is 1. The highest BCUT2D eigenvalue weighted by molar-refractivity contribution is 7.93. The summed E-state index contributed by atoms with van der Waals surface area (Å²) in [4.78, 5) is 14.4. The Kier molecular flexibility index (Phi) is 6.38. The number of amides is 1. The van der Waals surface area contributed by atoms with Gasteiger partial charge in [0.1, 0.15) is 0 Å². The van der Waals surface area contributed by atoms with Gasteiger partial charge in [0.05, 0.1) is 4.90 Å². The van der Waals surface area contributed by atoms with Crippen molar-refractivity contribution in [3.05, 3.63) is 66.2 Å². The minimum Gasteiger partial charge on any atom is -0.326 e. The van der Waals surface area contributed by atoms with Crippen LogP contribution in [0, 0.1) is 5.41 Å². The molecule has 0 unspecified atom stereocenters. The minimum absolute atomic E-state index is 0.106. The molecule has 7 heteroatoms. The third-order valence-electron chi connectivity index (χ3n) is 4.82. The van der Waals surface area contributed by atoms with Crippen LogP contribution < -0.4 is 10.0 Å². The topological polar surface area (TPSA) is 78.5 Å². The van der Waals surface area contributed by atoms with E-state index in [9.17, 15) is 13.2 Å². The lowest BCUT2D eigenvalue weighted by atomic mass is 9.95. The number of benzene rings is 3. The van der Waals surface area contributed by atoms with Crippen molar-refractivity contribution in [2.24, 2.45) is 5.41 Å². The molecule has 0 heterocycles. The van der Waals surface area contributed by atoms with E-state index >= 15 is 0 Å². The van der Waals surface area contributed by atoms with Crippen LogP contribution in [-0.2, 0) is 21.4 Å². The van der Waals surface area contributed by atoms with Crippen molar-refractivity contribution < 1.29 is 13.2 Å². The van der Waals surface area contributed by atoms with Crippen LogP contribution in [0.3, 0.4) is 0 Å². The van der Waals surface area contributed by atoms with Gasteiger partial charge in [-0.15, -0.1) is 0 Å². The van der Waals surface area contributed by atoms with E-state index in [4.69, 9.17) is 0 Å². The number of anilines is 2. The maximum Gasteiger partial charge on any atom is 0.262 e. The highest BCUT2D eigenvalue weighted by atomic mass is 32.2. The lowest BCUT2D eigenvalue weighted by Crippen LogP contribution is -2.27. The third kappa shape index (κ3) is 5.42. The predicted octanol–water partition coefficient (Wildman–Crippen LogP) is 4.69. The molecular weight excluding hydrogens is 410 g/mol. The van der Waals surface area contributed by atoms with Crippen LogP contribution in [0.1, 0.15) is 26.3 Å². The van der Waals surface area contributed by atoms with Gasteiger partial charge in [-0.05, 0) is 55.4 Å². The molecule has 0 atom stereocenters. The number of hydrogen-bond acceptors (Lipinski definition) is 4. The first kappa shape index (κ1) is 22.8. The van der Waals surface area contributed by atoms with Gasteiger partial charge in [-0.1, -0.05) is 51.1 Å². The van der Waals surface area contributed by atoms with Crippen molar-refractivity contribution in [2.75, 3.05) is 24.1 Å². The summed E-state index contributed by atoms with van der Waals surface area (Å²) < 4.78 is 29.0. The molecular formula is C24H29N3O3S. The van der Waals surface area contributed by atoms with E-state index in [0.717, 1.165) is 17.5 Å². The molecule has 31 heavy (non-hydrogen) atoms. The molecule has 6 nitrogen and oxygen atoms in total. The largest absolute Gasteiger partial charge is 0.326 e. The Labute approximate surface area is 184 Å². The molecule has 164 valence electrons. The second kappa shape index (κ2) is 8.69. The summed E-state index contributed by atoms with van der Waals surface area (Å²) in [6.07, 6.45) is 0. The Bertz CT molecular complexity index is 1190. The van der Waals surface area contributed by atoms with Crippen molar-refractivity contribution in [1.29, 1.82) is 0 Å². The first-order chi connectivity index (χ1) is 14.5. The molecule has 3 aromatic carbocycles. The van der Waals surface area contributed by atoms with E-state index in [1.54, 1.807) is 36.4 Å². The molecule has 0 saturated heterocycles. The Morgan fingerprint density at radius 2 is 1.45 bits per heavy atom. The van der Waals surface area contributed by atoms with Crippen molar-refractivity contribution in [3.8, 4) is 0 Å². The fourth-order valence-electron chi connectivity index (χ4n) is 3.21. The quantitative estimate of drug-likeness (QED) is 0.584. The van der Waals surface area contributed by atoms with Crippen molar-refractivity contribution in [3.63, 3.8) is 0 Å². The highest BCUT2D eigenvalue weighted by Gasteiger charge is 2.21. The van der Waals surface area contributed by atoms with E-state index in [1.807, 2.05) is 64.0 Å². The summed E-state index contributed by atoms with van der Waals surface area (Å²) >= 11 is 0. The molecule has 0 saturated carbocycles. The Hall–Kier alpha value is -2.90. The van der Waals surface area contributed by atoms with Gasteiger partial charge in [-0.25, -0.2) is 8.42 Å². The highest BCUT2D eigenvalue weighted by Crippen LogP contribution is 2.28. The normalized spacial score (nSPS) is 12.2. The Morgan fingerprint density at radius 1 is 0.871 bits per heavy atom. The van der Waals surface area contributed by atoms with Gasteiger partial charge in [-0.2, -0.15) is 0 Å². The molecule has 0 aliphatic heterocycles. The number of rotatable bonds is 6. The standard InChI is InChI=1S/C24H29N3O3S/c1-24(2,3)23(28)25-18-12-14-19(15-13-18)26-31(29,30)22-11-7-9-20-17(16-27(4)5)8-6-10-21(20)22/h6-15,26H,16H2,1-5H3,(H,25,28). The zero-order valence-corrected chi connectivity index (χ0v) is 19.4. The van der Waals surface area contributed by atoms with Gasteiger partial charge in [0.25, 0.3) is 10.0 Å². The number of carbonyl (C=O) groups is 1. The Balaban J connectivity index is 1.88. The van der Waals surface area contributed by atoms with Gasteiger partial charge < -0.3 is 10.2 Å². The minimum atomic E-state index is -3.80. The summed E-state index contributed by atoms with van der Waals surface area (Å²) in [5.41, 5.74) is 1.59. The van der Waals surface area contributed by atoms with E-state index in [0.29, 0.717) is 16.8 Å². The lowest BCUT2D eigenvalue weighted by molar-refractivity contribution is -0.123. The summed E-state index contributed by atoms with van der Waals surface area (Å²) in [6, 6.07) is 17.7. The number of nitrogens with one attached hydrogen (secondary N) is 2. The van der Waals surface area contributed by atoms with Crippen LogP contribution in [0.2, 0.25) is 0 Å². The molecule has 0 spiro atoms. The van der Waals surface area contributed by atoms with E-state index in [1.165, 1.54) is 0 Å². The van der Waals surface area contributed by atoms with Gasteiger partial charge in [0.2, 0.25) is 5.91 Å². The van der Waals surface area contributed by atoms with Crippen LogP contribution in [-0.4, -0.2) is 33.3 Å². The van der Waals surface area contributed by atoms with E-state index in [-0.39, 0.29) is 10.8 Å². The molecule has 1 amide bonds. The molecule has 0 fully saturated rings. The van der Waals surface area contributed by atoms with Crippen molar-refractivity contribution in [2.45, 2.75) is 32.2 Å². The van der Waals surface area contributed by atoms with Crippen LogP contribution >= 0.6 is 0 Å². The van der Waals surface area contributed by atoms with E-state index < -0.39 is 15.4 Å². The van der Waals surface area contributed by atoms with Crippen molar-refractivity contribution >= 4 is 38.1 Å². The molecule has 3 rings (SSSR count). The van der Waals surface area contributed by atoms with E-state index in [2.05, 4.69) is 10.0 Å². The lowest BCUT2D eigenvalue weighted by Gasteiger charge is -2.18. The number of hydrogen-bond donors (Lipinski definition) is 2. The maximum absolute atomic E-state index is 13.2. The molecule has 3 aromatic rings. The third-order valence-corrected chi connectivity index (χ3v) is 6.26. The van der Waals surface area contributed by atoms with Gasteiger partial charge in [0, 0.05) is 28.7 Å². The molecule has 0 aliphatic rings. The fraction of sp³-hybridized carbons (Fsp3) is 0.292. The average Bonchev–Trinajstić information content (AvgIpc) is 2.68. The molecule has 0 aliphatic carbocycles. The van der Waals surface area contributed by atoms with Crippen LogP contribution in [0.4, 0.5) is 11.4 Å². The zero-order valence-electron chi connectivity index (χ0n) is 18.6. The molecule has 0 bridgehead atoms. The molecule has 2 N–H and O–H groups in total. The second-order valence-electron chi connectivity index (χ2n) is 8.89. The number of carbonyl (C=O) groups excluding carboxylic acids is 1. The Morgan fingerprint density at radius 3 is 2.06 bits per heavy atom. The fourth-order valence-corrected chi connectivity index (χ4v) is 4.49. The first-order valence-electron chi connectivity index (χ1n) is 10.1. The average molecular weight is 440 g/mol. The first-order valence-corrected chi connectivity index (χ1v) is 11.6. The summed E-state index contributed by atoms with van der Waals surface area (Å²) in [7, 11) is 0.166. The molecule has 0 radical (unpaired) electrons. The summed E-state index contributed by atoms with van der Waals surface area (Å²) in [5.74, 6) is -0.106. The maximum atomic E-state index is 13.2. The number of nitrogens with zero attached hydrogens (tertiary/aromatic N) is 1. The predicted molar refractivity (Wildman–Crippen MR) is 127 cm³/mol.